The fourth-order valence-electron chi connectivity index (χ4n) is 2.40. The van der Waals surface area contributed by atoms with Crippen LogP contribution >= 0.6 is 0 Å². The summed E-state index contributed by atoms with van der Waals surface area (Å²) < 4.78 is 0. The van der Waals surface area contributed by atoms with E-state index >= 15 is 0 Å². The lowest BCUT2D eigenvalue weighted by molar-refractivity contribution is 0.553. The lowest BCUT2D eigenvalue weighted by Gasteiger charge is -2.27. The third-order valence-electron chi connectivity index (χ3n) is 4.04. The molecule has 2 aromatic rings. The van der Waals surface area contributed by atoms with Crippen LogP contribution < -0.4 is 5.32 Å². The van der Waals surface area contributed by atoms with Crippen molar-refractivity contribution in [3.63, 3.8) is 0 Å². The Labute approximate surface area is 129 Å². The predicted octanol–water partition coefficient (Wildman–Crippen LogP) is 5.37. The minimum atomic E-state index is 0.103. The molecular formula is C20H27N. The van der Waals surface area contributed by atoms with Crippen LogP contribution in [0.1, 0.15) is 45.7 Å². The first-order valence-corrected chi connectivity index (χ1v) is 7.69. The summed E-state index contributed by atoms with van der Waals surface area (Å²) in [4.78, 5) is 0. The molecule has 112 valence electrons. The SMILES string of the molecule is CC(C)(C)c1ccc(C(C)(C)CNc2ccccc2)cc1. The van der Waals surface area contributed by atoms with E-state index in [-0.39, 0.29) is 10.8 Å². The molecule has 0 radical (unpaired) electrons. The normalized spacial score (nSPS) is 12.2. The van der Waals surface area contributed by atoms with Crippen molar-refractivity contribution in [2.24, 2.45) is 0 Å². The Kier molecular flexibility index (Phi) is 4.41. The van der Waals surface area contributed by atoms with Crippen molar-refractivity contribution in [2.75, 3.05) is 11.9 Å². The van der Waals surface area contributed by atoms with Crippen LogP contribution in [0.2, 0.25) is 0 Å². The van der Waals surface area contributed by atoms with Crippen molar-refractivity contribution in [1.82, 2.24) is 0 Å². The highest BCUT2D eigenvalue weighted by Gasteiger charge is 2.21. The van der Waals surface area contributed by atoms with Crippen LogP contribution in [0.25, 0.3) is 0 Å². The molecule has 0 saturated carbocycles. The van der Waals surface area contributed by atoms with Crippen molar-refractivity contribution in [1.29, 1.82) is 0 Å². The Balaban J connectivity index is 2.08. The van der Waals surface area contributed by atoms with Crippen molar-refractivity contribution >= 4 is 5.69 Å². The minimum absolute atomic E-state index is 0.103. The Morgan fingerprint density at radius 1 is 0.714 bits per heavy atom. The summed E-state index contributed by atoms with van der Waals surface area (Å²) in [6, 6.07) is 19.5. The van der Waals surface area contributed by atoms with Crippen molar-refractivity contribution in [3.8, 4) is 0 Å². The zero-order chi connectivity index (χ0) is 15.5. The number of anilines is 1. The summed E-state index contributed by atoms with van der Waals surface area (Å²) in [6.07, 6.45) is 0. The molecule has 0 saturated heterocycles. The molecule has 2 aromatic carbocycles. The molecule has 0 aliphatic carbocycles. The third kappa shape index (κ3) is 4.10. The first kappa shape index (κ1) is 15.6. The van der Waals surface area contributed by atoms with Gasteiger partial charge in [0.1, 0.15) is 0 Å². The smallest absolute Gasteiger partial charge is 0.0340 e. The highest BCUT2D eigenvalue weighted by Crippen LogP contribution is 2.28. The van der Waals surface area contributed by atoms with E-state index in [0.717, 1.165) is 6.54 Å². The van der Waals surface area contributed by atoms with Crippen molar-refractivity contribution in [2.45, 2.75) is 45.4 Å². The molecule has 0 aromatic heterocycles. The number of para-hydroxylation sites is 1. The lowest BCUT2D eigenvalue weighted by Crippen LogP contribution is -2.27. The van der Waals surface area contributed by atoms with Gasteiger partial charge >= 0.3 is 0 Å². The fourth-order valence-corrected chi connectivity index (χ4v) is 2.40. The number of hydrogen-bond acceptors (Lipinski definition) is 1. The molecule has 0 spiro atoms. The molecule has 0 aliphatic heterocycles. The van der Waals surface area contributed by atoms with Crippen LogP contribution in [0.4, 0.5) is 5.69 Å². The van der Waals surface area contributed by atoms with Crippen molar-refractivity contribution < 1.29 is 0 Å². The second kappa shape index (κ2) is 5.93. The minimum Gasteiger partial charge on any atom is -0.384 e. The molecule has 0 heterocycles. The Hall–Kier alpha value is -1.76. The van der Waals surface area contributed by atoms with E-state index in [1.165, 1.54) is 16.8 Å². The van der Waals surface area contributed by atoms with Crippen LogP contribution in [0.15, 0.2) is 54.6 Å². The van der Waals surface area contributed by atoms with Gasteiger partial charge in [-0.1, -0.05) is 77.1 Å². The van der Waals surface area contributed by atoms with Gasteiger partial charge in [0.25, 0.3) is 0 Å². The van der Waals surface area contributed by atoms with E-state index in [1.807, 2.05) is 6.07 Å². The maximum absolute atomic E-state index is 3.53. The molecule has 0 atom stereocenters. The predicted molar refractivity (Wildman–Crippen MR) is 93.1 cm³/mol. The molecular weight excluding hydrogens is 254 g/mol. The van der Waals surface area contributed by atoms with Gasteiger partial charge in [-0.15, -0.1) is 0 Å². The molecule has 0 amide bonds. The van der Waals surface area contributed by atoms with E-state index < -0.39 is 0 Å². The van der Waals surface area contributed by atoms with E-state index in [2.05, 4.69) is 88.5 Å². The van der Waals surface area contributed by atoms with E-state index in [4.69, 9.17) is 0 Å². The van der Waals surface area contributed by atoms with Crippen LogP contribution in [-0.4, -0.2) is 6.54 Å². The second-order valence-electron chi connectivity index (χ2n) is 7.43. The monoisotopic (exact) mass is 281 g/mol. The zero-order valence-electron chi connectivity index (χ0n) is 13.9. The second-order valence-corrected chi connectivity index (χ2v) is 7.43. The maximum Gasteiger partial charge on any atom is 0.0340 e. The third-order valence-corrected chi connectivity index (χ3v) is 4.04. The standard InChI is InChI=1S/C20H27N/c1-19(2,3)16-11-13-17(14-12-16)20(4,5)15-21-18-9-7-6-8-10-18/h6-14,21H,15H2,1-5H3. The molecule has 21 heavy (non-hydrogen) atoms. The van der Waals surface area contributed by atoms with Gasteiger partial charge in [0.15, 0.2) is 0 Å². The van der Waals surface area contributed by atoms with Crippen LogP contribution in [-0.2, 0) is 10.8 Å². The largest absolute Gasteiger partial charge is 0.384 e. The van der Waals surface area contributed by atoms with Gasteiger partial charge in [-0.2, -0.15) is 0 Å². The summed E-state index contributed by atoms with van der Waals surface area (Å²) in [7, 11) is 0. The average molecular weight is 281 g/mol. The number of benzene rings is 2. The number of rotatable bonds is 4. The lowest BCUT2D eigenvalue weighted by atomic mass is 9.81. The van der Waals surface area contributed by atoms with E-state index in [9.17, 15) is 0 Å². The molecule has 0 bridgehead atoms. The van der Waals surface area contributed by atoms with Gasteiger partial charge < -0.3 is 5.32 Å². The van der Waals surface area contributed by atoms with Gasteiger partial charge in [-0.25, -0.2) is 0 Å². The number of hydrogen-bond donors (Lipinski definition) is 1. The van der Waals surface area contributed by atoms with E-state index in [0.29, 0.717) is 0 Å². The van der Waals surface area contributed by atoms with Gasteiger partial charge in [-0.05, 0) is 28.7 Å². The highest BCUT2D eigenvalue weighted by molar-refractivity contribution is 5.43. The fraction of sp³-hybridized carbons (Fsp3) is 0.400. The molecule has 0 unspecified atom stereocenters. The molecule has 1 N–H and O–H groups in total. The Bertz CT molecular complexity index is 559. The molecule has 0 fully saturated rings. The maximum atomic E-state index is 3.53. The summed E-state index contributed by atoms with van der Waals surface area (Å²) in [5.41, 5.74) is 4.26. The first-order valence-electron chi connectivity index (χ1n) is 7.69. The van der Waals surface area contributed by atoms with Gasteiger partial charge in [0, 0.05) is 17.6 Å². The topological polar surface area (TPSA) is 12.0 Å². The van der Waals surface area contributed by atoms with Gasteiger partial charge in [0.2, 0.25) is 0 Å². The summed E-state index contributed by atoms with van der Waals surface area (Å²) >= 11 is 0. The molecule has 1 nitrogen and oxygen atoms in total. The van der Waals surface area contributed by atoms with Crippen molar-refractivity contribution in [3.05, 3.63) is 65.7 Å². The van der Waals surface area contributed by atoms with Gasteiger partial charge in [0.05, 0.1) is 0 Å². The summed E-state index contributed by atoms with van der Waals surface area (Å²) in [6.45, 7) is 12.3. The van der Waals surface area contributed by atoms with Crippen LogP contribution in [0, 0.1) is 0 Å². The highest BCUT2D eigenvalue weighted by atomic mass is 14.9. The van der Waals surface area contributed by atoms with Gasteiger partial charge in [-0.3, -0.25) is 0 Å². The average Bonchev–Trinajstić information content (AvgIpc) is 2.46. The first-order chi connectivity index (χ1) is 9.79. The van der Waals surface area contributed by atoms with Crippen LogP contribution in [0.5, 0.6) is 0 Å². The molecule has 2 rings (SSSR count). The summed E-state index contributed by atoms with van der Waals surface area (Å²) in [5.74, 6) is 0. The molecule has 1 heteroatoms. The Morgan fingerprint density at radius 3 is 1.76 bits per heavy atom. The van der Waals surface area contributed by atoms with Crippen LogP contribution in [0.3, 0.4) is 0 Å². The number of nitrogens with one attached hydrogen (secondary N) is 1. The molecule has 0 aliphatic rings. The zero-order valence-corrected chi connectivity index (χ0v) is 13.9. The Morgan fingerprint density at radius 2 is 1.24 bits per heavy atom. The summed E-state index contributed by atoms with van der Waals surface area (Å²) in [5, 5.41) is 3.53. The quantitative estimate of drug-likeness (QED) is 0.794. The van der Waals surface area contributed by atoms with E-state index in [1.54, 1.807) is 0 Å².